The third-order valence-corrected chi connectivity index (χ3v) is 6.72. The maximum absolute atomic E-state index is 12.5. The van der Waals surface area contributed by atoms with Crippen LogP contribution in [0.2, 0.25) is 0 Å². The Labute approximate surface area is 183 Å². The smallest absolute Gasteiger partial charge is 0.220 e. The second-order valence-corrected chi connectivity index (χ2v) is 8.41. The van der Waals surface area contributed by atoms with Crippen LogP contribution in [0.15, 0.2) is 0 Å². The molecule has 2 heterocycles. The lowest BCUT2D eigenvalue weighted by Gasteiger charge is -2.50. The molecule has 3 rings (SSSR count). The molecule has 0 aromatic carbocycles. The average molecular weight is 446 g/mol. The van der Waals surface area contributed by atoms with Crippen molar-refractivity contribution in [3.05, 3.63) is 0 Å². The van der Waals surface area contributed by atoms with Crippen molar-refractivity contribution in [2.75, 3.05) is 39.8 Å². The topological polar surface area (TPSA) is 61.6 Å². The maximum atomic E-state index is 12.5. The molecule has 1 aliphatic carbocycles. The minimum absolute atomic E-state index is 0. The second kappa shape index (κ2) is 12.7. The van der Waals surface area contributed by atoms with E-state index in [2.05, 4.69) is 22.2 Å². The number of nitrogens with zero attached hydrogens (tertiary/aromatic N) is 2. The molecule has 3 N–H and O–H groups in total. The van der Waals surface area contributed by atoms with Gasteiger partial charge in [0.1, 0.15) is 0 Å². The quantitative estimate of drug-likeness (QED) is 0.683. The number of amides is 1. The fourth-order valence-electron chi connectivity index (χ4n) is 4.90. The van der Waals surface area contributed by atoms with Crippen LogP contribution < -0.4 is 11.1 Å². The van der Waals surface area contributed by atoms with Crippen LogP contribution in [0, 0.1) is 5.92 Å². The SMILES string of the molecule is CN1CCC(CNC(=O)C[C@@H]2CCC[C@H]2N)(N2CCCCC2)CC1.Cl.Cl.Cl. The van der Waals surface area contributed by atoms with Gasteiger partial charge in [0.25, 0.3) is 0 Å². The highest BCUT2D eigenvalue weighted by molar-refractivity contribution is 5.86. The van der Waals surface area contributed by atoms with Crippen LogP contribution in [-0.4, -0.2) is 67.1 Å². The first-order valence-corrected chi connectivity index (χ1v) is 10.0. The number of nitrogens with one attached hydrogen (secondary N) is 1. The van der Waals surface area contributed by atoms with Crippen LogP contribution in [0.1, 0.15) is 57.8 Å². The molecule has 0 spiro atoms. The lowest BCUT2D eigenvalue weighted by Crippen LogP contribution is -2.61. The van der Waals surface area contributed by atoms with Gasteiger partial charge in [-0.05, 0) is 77.7 Å². The van der Waals surface area contributed by atoms with E-state index < -0.39 is 0 Å². The number of carbonyl (C=O) groups is 1. The molecular weight excluding hydrogens is 407 g/mol. The summed E-state index contributed by atoms with van der Waals surface area (Å²) in [5, 5.41) is 3.30. The van der Waals surface area contributed by atoms with E-state index in [9.17, 15) is 4.79 Å². The van der Waals surface area contributed by atoms with Crippen molar-refractivity contribution in [1.29, 1.82) is 0 Å². The molecule has 8 heteroatoms. The fourth-order valence-corrected chi connectivity index (χ4v) is 4.90. The van der Waals surface area contributed by atoms with E-state index in [-0.39, 0.29) is 54.7 Å². The zero-order valence-corrected chi connectivity index (χ0v) is 19.1. The van der Waals surface area contributed by atoms with Crippen LogP contribution in [0.25, 0.3) is 0 Å². The lowest BCUT2D eigenvalue weighted by atomic mass is 9.84. The van der Waals surface area contributed by atoms with Crippen LogP contribution >= 0.6 is 37.2 Å². The van der Waals surface area contributed by atoms with Gasteiger partial charge in [0.2, 0.25) is 5.91 Å². The summed E-state index contributed by atoms with van der Waals surface area (Å²) < 4.78 is 0. The Morgan fingerprint density at radius 2 is 1.63 bits per heavy atom. The Morgan fingerprint density at radius 3 is 2.19 bits per heavy atom. The first-order valence-electron chi connectivity index (χ1n) is 10.0. The summed E-state index contributed by atoms with van der Waals surface area (Å²) in [7, 11) is 2.21. The number of rotatable bonds is 5. The predicted octanol–water partition coefficient (Wildman–Crippen LogP) is 2.84. The van der Waals surface area contributed by atoms with Gasteiger partial charge in [-0.25, -0.2) is 0 Å². The maximum Gasteiger partial charge on any atom is 0.220 e. The van der Waals surface area contributed by atoms with Gasteiger partial charge in [0.15, 0.2) is 0 Å². The van der Waals surface area contributed by atoms with Gasteiger partial charge >= 0.3 is 0 Å². The Hall–Kier alpha value is 0.220. The number of likely N-dealkylation sites (tertiary alicyclic amines) is 2. The minimum Gasteiger partial charge on any atom is -0.354 e. The Morgan fingerprint density at radius 1 is 1.00 bits per heavy atom. The van der Waals surface area contributed by atoms with Crippen molar-refractivity contribution in [3.8, 4) is 0 Å². The molecule has 162 valence electrons. The average Bonchev–Trinajstić information content (AvgIpc) is 3.00. The fraction of sp³-hybridized carbons (Fsp3) is 0.947. The Kier molecular flexibility index (Phi) is 12.8. The molecule has 0 unspecified atom stereocenters. The molecule has 3 aliphatic rings. The minimum atomic E-state index is 0. The number of halogens is 3. The molecule has 5 nitrogen and oxygen atoms in total. The Bertz CT molecular complexity index is 427. The normalized spacial score (nSPS) is 28.4. The van der Waals surface area contributed by atoms with Crippen LogP contribution in [0.5, 0.6) is 0 Å². The third-order valence-electron chi connectivity index (χ3n) is 6.72. The van der Waals surface area contributed by atoms with Crippen LogP contribution in [0.3, 0.4) is 0 Å². The second-order valence-electron chi connectivity index (χ2n) is 8.41. The van der Waals surface area contributed by atoms with Crippen molar-refractivity contribution in [2.45, 2.75) is 69.4 Å². The zero-order chi connectivity index (χ0) is 17.0. The van der Waals surface area contributed by atoms with Crippen molar-refractivity contribution >= 4 is 43.1 Å². The predicted molar refractivity (Wildman–Crippen MR) is 120 cm³/mol. The number of nitrogens with two attached hydrogens (primary N) is 1. The van der Waals surface area contributed by atoms with E-state index in [1.165, 1.54) is 51.6 Å². The molecule has 0 bridgehead atoms. The molecule has 27 heavy (non-hydrogen) atoms. The van der Waals surface area contributed by atoms with Gasteiger partial charge < -0.3 is 16.0 Å². The van der Waals surface area contributed by atoms with Crippen molar-refractivity contribution < 1.29 is 4.79 Å². The van der Waals surface area contributed by atoms with Crippen LogP contribution in [-0.2, 0) is 4.79 Å². The van der Waals surface area contributed by atoms with E-state index in [1.807, 2.05) is 0 Å². The lowest BCUT2D eigenvalue weighted by molar-refractivity contribution is -0.123. The van der Waals surface area contributed by atoms with E-state index in [0.29, 0.717) is 12.3 Å². The highest BCUT2D eigenvalue weighted by Crippen LogP contribution is 2.31. The first kappa shape index (κ1) is 27.2. The van der Waals surface area contributed by atoms with Gasteiger partial charge in [-0.3, -0.25) is 9.69 Å². The summed E-state index contributed by atoms with van der Waals surface area (Å²) in [4.78, 5) is 17.6. The van der Waals surface area contributed by atoms with Gasteiger partial charge in [-0.2, -0.15) is 0 Å². The molecule has 0 aromatic rings. The van der Waals surface area contributed by atoms with Gasteiger partial charge in [0.05, 0.1) is 0 Å². The summed E-state index contributed by atoms with van der Waals surface area (Å²) in [5.74, 6) is 0.612. The highest BCUT2D eigenvalue weighted by Gasteiger charge is 2.40. The van der Waals surface area contributed by atoms with E-state index in [4.69, 9.17) is 5.73 Å². The number of piperidine rings is 2. The molecule has 3 fully saturated rings. The molecule has 1 saturated carbocycles. The summed E-state index contributed by atoms with van der Waals surface area (Å²) in [6.07, 6.45) is 10.3. The highest BCUT2D eigenvalue weighted by atomic mass is 35.5. The van der Waals surface area contributed by atoms with Crippen molar-refractivity contribution in [3.63, 3.8) is 0 Å². The molecule has 1 amide bonds. The van der Waals surface area contributed by atoms with Crippen molar-refractivity contribution in [1.82, 2.24) is 15.1 Å². The summed E-state index contributed by atoms with van der Waals surface area (Å²) in [6.45, 7) is 5.50. The summed E-state index contributed by atoms with van der Waals surface area (Å²) in [6, 6.07) is 0.232. The molecule has 2 atom stereocenters. The van der Waals surface area contributed by atoms with Crippen LogP contribution in [0.4, 0.5) is 0 Å². The van der Waals surface area contributed by atoms with E-state index >= 15 is 0 Å². The molecular formula is C19H39Cl3N4O. The zero-order valence-electron chi connectivity index (χ0n) is 16.7. The Balaban J connectivity index is 0.00000225. The summed E-state index contributed by atoms with van der Waals surface area (Å²) >= 11 is 0. The third kappa shape index (κ3) is 7.20. The van der Waals surface area contributed by atoms with Gasteiger partial charge in [0, 0.05) is 24.5 Å². The monoisotopic (exact) mass is 444 g/mol. The van der Waals surface area contributed by atoms with Gasteiger partial charge in [-0.15, -0.1) is 37.2 Å². The van der Waals surface area contributed by atoms with Crippen molar-refractivity contribution in [2.24, 2.45) is 11.7 Å². The van der Waals surface area contributed by atoms with E-state index in [1.54, 1.807) is 0 Å². The largest absolute Gasteiger partial charge is 0.354 e. The number of hydrogen-bond donors (Lipinski definition) is 2. The number of hydrogen-bond acceptors (Lipinski definition) is 4. The summed E-state index contributed by atoms with van der Waals surface area (Å²) in [5.41, 5.74) is 6.31. The van der Waals surface area contributed by atoms with Gasteiger partial charge in [-0.1, -0.05) is 12.8 Å². The van der Waals surface area contributed by atoms with E-state index in [0.717, 1.165) is 32.5 Å². The number of carbonyl (C=O) groups excluding carboxylic acids is 1. The molecule has 0 radical (unpaired) electrons. The molecule has 2 aliphatic heterocycles. The standard InChI is InChI=1S/C19H36N4O.3ClH/c1-22-12-8-19(9-13-22,23-10-3-2-4-11-23)15-21-18(24)14-16-6-5-7-17(16)20;;;/h16-17H,2-15,20H2,1H3,(H,21,24);3*1H/t16-,17+;;;/m0.../s1. The molecule has 0 aromatic heterocycles. The first-order chi connectivity index (χ1) is 11.6. The molecule has 2 saturated heterocycles.